The number of anilines is 2. The van der Waals surface area contributed by atoms with Crippen molar-refractivity contribution in [3.8, 4) is 11.5 Å². The lowest BCUT2D eigenvalue weighted by Crippen LogP contribution is -2.23. The largest absolute Gasteiger partial charge is 0.456 e. The highest BCUT2D eigenvalue weighted by atomic mass is 35.5. The van der Waals surface area contributed by atoms with Gasteiger partial charge in [0.2, 0.25) is 15.9 Å². The number of amides is 2. The third kappa shape index (κ3) is 5.48. The number of nitrogens with one attached hydrogen (secondary N) is 1. The van der Waals surface area contributed by atoms with Crippen molar-refractivity contribution in [3.05, 3.63) is 77.3 Å². The van der Waals surface area contributed by atoms with Crippen LogP contribution >= 0.6 is 11.6 Å². The summed E-state index contributed by atoms with van der Waals surface area (Å²) in [4.78, 5) is 25.3. The Kier molecular flexibility index (Phi) is 6.73. The van der Waals surface area contributed by atoms with Gasteiger partial charge in [0.05, 0.1) is 13.0 Å². The van der Waals surface area contributed by atoms with Crippen molar-refractivity contribution in [1.82, 2.24) is 0 Å². The van der Waals surface area contributed by atoms with Gasteiger partial charge in [-0.05, 0) is 54.1 Å². The maximum atomic E-state index is 12.4. The summed E-state index contributed by atoms with van der Waals surface area (Å²) in [6.07, 6.45) is -0.420. The Balaban J connectivity index is 1.51. The van der Waals surface area contributed by atoms with Gasteiger partial charge in [-0.1, -0.05) is 29.8 Å². The molecule has 0 bridgehead atoms. The van der Waals surface area contributed by atoms with E-state index in [0.29, 0.717) is 35.2 Å². The number of primary sulfonamides is 1. The zero-order chi connectivity index (χ0) is 24.3. The van der Waals surface area contributed by atoms with Gasteiger partial charge >= 0.3 is 6.09 Å². The number of nitrogens with two attached hydrogens (primary N) is 1. The van der Waals surface area contributed by atoms with Crippen molar-refractivity contribution in [2.24, 2.45) is 5.14 Å². The molecule has 1 saturated heterocycles. The third-order valence-electron chi connectivity index (χ3n) is 4.98. The molecule has 1 aliphatic heterocycles. The first-order valence-electron chi connectivity index (χ1n) is 10.1. The topological polar surface area (TPSA) is 128 Å². The standard InChI is InChI=1S/C23H20ClN3O6S/c24-19-4-2-1-3-15(19)13-22(28)26-16-5-10-20(21(14-16)34(25,30)31)33-18-8-6-17(7-9-18)27-11-12-32-23(27)29/h1-10,14H,11-13H2,(H,26,28)(H2,25,30,31). The molecule has 34 heavy (non-hydrogen) atoms. The Bertz CT molecular complexity index is 1350. The fraction of sp³-hybridized carbons (Fsp3) is 0.130. The van der Waals surface area contributed by atoms with E-state index in [4.69, 9.17) is 26.2 Å². The number of halogens is 1. The molecule has 3 aromatic rings. The van der Waals surface area contributed by atoms with E-state index in [-0.39, 0.29) is 28.7 Å². The first-order chi connectivity index (χ1) is 16.2. The van der Waals surface area contributed by atoms with Gasteiger partial charge in [-0.25, -0.2) is 18.4 Å². The van der Waals surface area contributed by atoms with Crippen molar-refractivity contribution < 1.29 is 27.5 Å². The minimum absolute atomic E-state index is 0.0134. The SMILES string of the molecule is NS(=O)(=O)c1cc(NC(=O)Cc2ccccc2Cl)ccc1Oc1ccc(N2CCOC2=O)cc1. The quantitative estimate of drug-likeness (QED) is 0.505. The monoisotopic (exact) mass is 501 g/mol. The number of nitrogens with zero attached hydrogens (tertiary/aromatic N) is 1. The summed E-state index contributed by atoms with van der Waals surface area (Å²) < 4.78 is 35.0. The molecule has 0 atom stereocenters. The number of sulfonamides is 1. The normalized spacial score (nSPS) is 13.5. The summed E-state index contributed by atoms with van der Waals surface area (Å²) in [6.45, 7) is 0.758. The molecule has 0 aliphatic carbocycles. The second kappa shape index (κ2) is 9.72. The van der Waals surface area contributed by atoms with Crippen LogP contribution in [0, 0.1) is 0 Å². The molecule has 0 saturated carbocycles. The van der Waals surface area contributed by atoms with E-state index in [9.17, 15) is 18.0 Å². The minimum Gasteiger partial charge on any atom is -0.456 e. The Morgan fingerprint density at radius 1 is 1.12 bits per heavy atom. The number of ether oxygens (including phenoxy) is 2. The minimum atomic E-state index is -4.17. The summed E-state index contributed by atoms with van der Waals surface area (Å²) in [6, 6.07) is 17.6. The number of carbonyl (C=O) groups is 2. The van der Waals surface area contributed by atoms with Crippen LogP contribution in [0.5, 0.6) is 11.5 Å². The van der Waals surface area contributed by atoms with Crippen LogP contribution in [-0.2, 0) is 26.0 Å². The average Bonchev–Trinajstić information content (AvgIpc) is 3.22. The van der Waals surface area contributed by atoms with Crippen molar-refractivity contribution in [2.75, 3.05) is 23.4 Å². The third-order valence-corrected chi connectivity index (χ3v) is 6.28. The molecule has 3 aromatic carbocycles. The molecule has 0 radical (unpaired) electrons. The maximum Gasteiger partial charge on any atom is 0.414 e. The first kappa shape index (κ1) is 23.6. The van der Waals surface area contributed by atoms with E-state index in [1.807, 2.05) is 0 Å². The summed E-state index contributed by atoms with van der Waals surface area (Å²) >= 11 is 6.09. The number of carbonyl (C=O) groups excluding carboxylic acids is 2. The molecular weight excluding hydrogens is 482 g/mol. The van der Waals surface area contributed by atoms with Crippen molar-refractivity contribution in [3.63, 3.8) is 0 Å². The molecule has 0 aromatic heterocycles. The van der Waals surface area contributed by atoms with Gasteiger partial charge in [-0.2, -0.15) is 0 Å². The molecule has 2 amide bonds. The zero-order valence-electron chi connectivity index (χ0n) is 17.7. The number of rotatable bonds is 7. The summed E-state index contributed by atoms with van der Waals surface area (Å²) in [5, 5.41) is 8.48. The van der Waals surface area contributed by atoms with Crippen LogP contribution < -0.4 is 20.1 Å². The first-order valence-corrected chi connectivity index (χ1v) is 12.1. The highest BCUT2D eigenvalue weighted by Crippen LogP contribution is 2.32. The fourth-order valence-corrected chi connectivity index (χ4v) is 4.25. The molecule has 1 heterocycles. The molecule has 176 valence electrons. The zero-order valence-corrected chi connectivity index (χ0v) is 19.3. The van der Waals surface area contributed by atoms with Gasteiger partial charge in [0.25, 0.3) is 0 Å². The molecule has 11 heteroatoms. The van der Waals surface area contributed by atoms with Crippen LogP contribution in [0.4, 0.5) is 16.2 Å². The molecular formula is C23H20ClN3O6S. The lowest BCUT2D eigenvalue weighted by molar-refractivity contribution is -0.115. The van der Waals surface area contributed by atoms with Crippen LogP contribution in [0.1, 0.15) is 5.56 Å². The number of hydrogen-bond acceptors (Lipinski definition) is 6. The molecule has 0 spiro atoms. The van der Waals surface area contributed by atoms with E-state index in [0.717, 1.165) is 0 Å². The second-order valence-electron chi connectivity index (χ2n) is 7.38. The van der Waals surface area contributed by atoms with Crippen molar-refractivity contribution in [1.29, 1.82) is 0 Å². The Labute approximate surface area is 201 Å². The van der Waals surface area contributed by atoms with Gasteiger partial charge in [0, 0.05) is 16.4 Å². The van der Waals surface area contributed by atoms with Crippen molar-refractivity contribution in [2.45, 2.75) is 11.3 Å². The molecule has 0 unspecified atom stereocenters. The van der Waals surface area contributed by atoms with Gasteiger partial charge < -0.3 is 14.8 Å². The molecule has 3 N–H and O–H groups in total. The molecule has 1 aliphatic rings. The molecule has 1 fully saturated rings. The number of cyclic esters (lactones) is 1. The average molecular weight is 502 g/mol. The predicted octanol–water partition coefficient (Wildman–Crippen LogP) is 3.92. The summed E-state index contributed by atoms with van der Waals surface area (Å²) in [5.41, 5.74) is 1.49. The van der Waals surface area contributed by atoms with Crippen LogP contribution in [0.25, 0.3) is 0 Å². The maximum absolute atomic E-state index is 12.4. The van der Waals surface area contributed by atoms with Crippen LogP contribution in [0.2, 0.25) is 5.02 Å². The number of benzene rings is 3. The van der Waals surface area contributed by atoms with Crippen LogP contribution in [-0.4, -0.2) is 33.6 Å². The van der Waals surface area contributed by atoms with Crippen molar-refractivity contribution >= 4 is 45.0 Å². The molecule has 4 rings (SSSR count). The van der Waals surface area contributed by atoms with Gasteiger partial charge in [0.1, 0.15) is 23.0 Å². The van der Waals surface area contributed by atoms with E-state index in [1.54, 1.807) is 48.5 Å². The van der Waals surface area contributed by atoms with E-state index in [2.05, 4.69) is 5.32 Å². The second-order valence-corrected chi connectivity index (χ2v) is 9.32. The van der Waals surface area contributed by atoms with Gasteiger partial charge in [-0.3, -0.25) is 9.69 Å². The van der Waals surface area contributed by atoms with E-state index < -0.39 is 16.1 Å². The van der Waals surface area contributed by atoms with Gasteiger partial charge in [-0.15, -0.1) is 0 Å². The fourth-order valence-electron chi connectivity index (χ4n) is 3.36. The predicted molar refractivity (Wildman–Crippen MR) is 127 cm³/mol. The lowest BCUT2D eigenvalue weighted by atomic mass is 10.1. The lowest BCUT2D eigenvalue weighted by Gasteiger charge is -2.15. The molecule has 9 nitrogen and oxygen atoms in total. The van der Waals surface area contributed by atoms with Gasteiger partial charge in [0.15, 0.2) is 0 Å². The Morgan fingerprint density at radius 2 is 1.85 bits per heavy atom. The highest BCUT2D eigenvalue weighted by molar-refractivity contribution is 7.89. The van der Waals surface area contributed by atoms with E-state index >= 15 is 0 Å². The Hall–Kier alpha value is -3.60. The Morgan fingerprint density at radius 3 is 2.50 bits per heavy atom. The highest BCUT2D eigenvalue weighted by Gasteiger charge is 2.23. The number of hydrogen-bond donors (Lipinski definition) is 2. The van der Waals surface area contributed by atoms with Crippen LogP contribution in [0.15, 0.2) is 71.6 Å². The smallest absolute Gasteiger partial charge is 0.414 e. The van der Waals surface area contributed by atoms with Crippen LogP contribution in [0.3, 0.4) is 0 Å². The summed E-state index contributed by atoms with van der Waals surface area (Å²) in [7, 11) is -4.17. The van der Waals surface area contributed by atoms with E-state index in [1.165, 1.54) is 23.1 Å². The summed E-state index contributed by atoms with van der Waals surface area (Å²) in [5.74, 6) is -0.0604.